The molecule has 20 heavy (non-hydrogen) atoms. The normalized spacial score (nSPS) is 9.95. The lowest BCUT2D eigenvalue weighted by molar-refractivity contribution is -0.145. The minimum atomic E-state index is -0.471. The van der Waals surface area contributed by atoms with Gasteiger partial charge >= 0.3 is 5.97 Å². The Kier molecular flexibility index (Phi) is 6.52. The molecule has 0 aliphatic carbocycles. The van der Waals surface area contributed by atoms with E-state index in [-0.39, 0.29) is 19.2 Å². The van der Waals surface area contributed by atoms with Crippen LogP contribution < -0.4 is 9.47 Å². The second kappa shape index (κ2) is 8.16. The Labute approximate surface area is 117 Å². The van der Waals surface area contributed by atoms with Crippen molar-refractivity contribution in [2.45, 2.75) is 13.8 Å². The number of hydrogen-bond acceptors (Lipinski definition) is 6. The molecular weight excluding hydrogens is 264 g/mol. The van der Waals surface area contributed by atoms with Crippen molar-refractivity contribution < 1.29 is 28.5 Å². The molecule has 0 atom stereocenters. The molecule has 0 aliphatic heterocycles. The van der Waals surface area contributed by atoms with Crippen molar-refractivity contribution in [1.29, 1.82) is 0 Å². The quantitative estimate of drug-likeness (QED) is 0.411. The summed E-state index contributed by atoms with van der Waals surface area (Å²) in [7, 11) is 1.48. The van der Waals surface area contributed by atoms with Crippen molar-refractivity contribution in [3.8, 4) is 11.5 Å². The number of methoxy groups -OCH3 is 1. The Balaban J connectivity index is 2.81. The van der Waals surface area contributed by atoms with E-state index in [1.54, 1.807) is 25.1 Å². The Bertz CT molecular complexity index is 469. The summed E-state index contributed by atoms with van der Waals surface area (Å²) in [6.45, 7) is 3.24. The van der Waals surface area contributed by atoms with Crippen LogP contribution in [0, 0.1) is 0 Å². The number of ether oxygens (including phenoxy) is 4. The summed E-state index contributed by atoms with van der Waals surface area (Å²) in [5.41, 5.74) is 0.486. The molecule has 0 radical (unpaired) electrons. The van der Waals surface area contributed by atoms with Crippen LogP contribution in [-0.2, 0) is 14.3 Å². The van der Waals surface area contributed by atoms with E-state index in [1.165, 1.54) is 14.0 Å². The van der Waals surface area contributed by atoms with E-state index in [0.29, 0.717) is 23.7 Å². The highest BCUT2D eigenvalue weighted by Crippen LogP contribution is 2.28. The molecule has 110 valence electrons. The van der Waals surface area contributed by atoms with Crippen LogP contribution in [0.4, 0.5) is 0 Å². The fourth-order valence-corrected chi connectivity index (χ4v) is 1.42. The van der Waals surface area contributed by atoms with Crippen molar-refractivity contribution in [2.75, 3.05) is 27.1 Å². The first-order valence-electron chi connectivity index (χ1n) is 6.13. The summed E-state index contributed by atoms with van der Waals surface area (Å²) in [5.74, 6) is 0.119. The average Bonchev–Trinajstić information content (AvgIpc) is 2.43. The first-order valence-corrected chi connectivity index (χ1v) is 6.13. The van der Waals surface area contributed by atoms with Crippen LogP contribution in [0.3, 0.4) is 0 Å². The molecule has 0 amide bonds. The summed E-state index contributed by atoms with van der Waals surface area (Å²) < 4.78 is 20.2. The van der Waals surface area contributed by atoms with Gasteiger partial charge in [0.2, 0.25) is 0 Å². The lowest BCUT2D eigenvalue weighted by atomic mass is 10.1. The second-order valence-corrected chi connectivity index (χ2v) is 3.86. The zero-order chi connectivity index (χ0) is 15.0. The molecule has 0 saturated heterocycles. The molecule has 1 rings (SSSR count). The van der Waals surface area contributed by atoms with E-state index in [0.717, 1.165) is 0 Å². The third-order valence-corrected chi connectivity index (χ3v) is 2.33. The van der Waals surface area contributed by atoms with Crippen LogP contribution in [0.5, 0.6) is 11.5 Å². The van der Waals surface area contributed by atoms with Crippen LogP contribution >= 0.6 is 0 Å². The van der Waals surface area contributed by atoms with Crippen LogP contribution in [-0.4, -0.2) is 38.9 Å². The first-order chi connectivity index (χ1) is 9.58. The predicted molar refractivity (Wildman–Crippen MR) is 71.1 cm³/mol. The molecule has 1 aromatic carbocycles. The summed E-state index contributed by atoms with van der Waals surface area (Å²) in [6.07, 6.45) is 0. The van der Waals surface area contributed by atoms with Gasteiger partial charge in [-0.25, -0.2) is 4.79 Å². The number of rotatable bonds is 8. The Morgan fingerprint density at radius 2 is 1.90 bits per heavy atom. The van der Waals surface area contributed by atoms with Crippen molar-refractivity contribution in [3.63, 3.8) is 0 Å². The van der Waals surface area contributed by atoms with Gasteiger partial charge in [0.15, 0.2) is 30.7 Å². The predicted octanol–water partition coefficient (Wildman–Crippen LogP) is 1.81. The topological polar surface area (TPSA) is 71.1 Å². The highest BCUT2D eigenvalue weighted by atomic mass is 16.7. The standard InChI is InChI=1S/C14H18O6/c1-4-18-14(16)8-19-12-6-5-11(10(2)15)7-13(12)20-9-17-3/h5-7H,4,8-9H2,1-3H3. The third-order valence-electron chi connectivity index (χ3n) is 2.33. The van der Waals surface area contributed by atoms with Crippen molar-refractivity contribution in [1.82, 2.24) is 0 Å². The molecule has 0 spiro atoms. The monoisotopic (exact) mass is 282 g/mol. The molecule has 6 nitrogen and oxygen atoms in total. The minimum absolute atomic E-state index is 0.0110. The number of hydrogen-bond donors (Lipinski definition) is 0. The third kappa shape index (κ3) is 4.89. The lowest BCUT2D eigenvalue weighted by Gasteiger charge is -2.12. The Morgan fingerprint density at radius 3 is 2.50 bits per heavy atom. The number of esters is 1. The van der Waals surface area contributed by atoms with Gasteiger partial charge in [0.1, 0.15) is 0 Å². The first kappa shape index (κ1) is 16.0. The van der Waals surface area contributed by atoms with E-state index < -0.39 is 5.97 Å². The Morgan fingerprint density at radius 1 is 1.15 bits per heavy atom. The molecule has 0 fully saturated rings. The van der Waals surface area contributed by atoms with Gasteiger partial charge in [0.25, 0.3) is 0 Å². The molecule has 0 aliphatic rings. The van der Waals surface area contributed by atoms with Gasteiger partial charge in [0, 0.05) is 12.7 Å². The van der Waals surface area contributed by atoms with Crippen LogP contribution in [0.15, 0.2) is 18.2 Å². The lowest BCUT2D eigenvalue weighted by Crippen LogP contribution is -2.15. The van der Waals surface area contributed by atoms with Gasteiger partial charge in [-0.1, -0.05) is 0 Å². The summed E-state index contributed by atoms with van der Waals surface area (Å²) in [5, 5.41) is 0. The van der Waals surface area contributed by atoms with Crippen molar-refractivity contribution >= 4 is 11.8 Å². The molecule has 6 heteroatoms. The van der Waals surface area contributed by atoms with Crippen molar-refractivity contribution in [3.05, 3.63) is 23.8 Å². The maximum Gasteiger partial charge on any atom is 0.344 e. The molecule has 0 heterocycles. The van der Waals surface area contributed by atoms with Gasteiger partial charge in [-0.2, -0.15) is 0 Å². The van der Waals surface area contributed by atoms with E-state index >= 15 is 0 Å². The van der Waals surface area contributed by atoms with Gasteiger partial charge in [-0.05, 0) is 32.0 Å². The fourth-order valence-electron chi connectivity index (χ4n) is 1.42. The SMILES string of the molecule is CCOC(=O)COc1ccc(C(C)=O)cc1OCOC. The molecule has 0 unspecified atom stereocenters. The van der Waals surface area contributed by atoms with E-state index in [1.807, 2.05) is 0 Å². The summed E-state index contributed by atoms with van der Waals surface area (Å²) in [6, 6.07) is 4.71. The second-order valence-electron chi connectivity index (χ2n) is 3.86. The number of ketones is 1. The highest BCUT2D eigenvalue weighted by molar-refractivity contribution is 5.94. The zero-order valence-corrected chi connectivity index (χ0v) is 11.8. The largest absolute Gasteiger partial charge is 0.478 e. The maximum absolute atomic E-state index is 11.3. The smallest absolute Gasteiger partial charge is 0.344 e. The molecule has 0 bridgehead atoms. The van der Waals surface area contributed by atoms with Crippen LogP contribution in [0.2, 0.25) is 0 Å². The molecule has 1 aromatic rings. The van der Waals surface area contributed by atoms with E-state index in [2.05, 4.69) is 0 Å². The van der Waals surface area contributed by atoms with E-state index in [4.69, 9.17) is 18.9 Å². The molecule has 0 N–H and O–H groups in total. The van der Waals surface area contributed by atoms with Crippen LogP contribution in [0.25, 0.3) is 0 Å². The summed E-state index contributed by atoms with van der Waals surface area (Å²) >= 11 is 0. The van der Waals surface area contributed by atoms with Gasteiger partial charge in [0.05, 0.1) is 6.61 Å². The van der Waals surface area contributed by atoms with Gasteiger partial charge in [-0.15, -0.1) is 0 Å². The van der Waals surface area contributed by atoms with Crippen LogP contribution in [0.1, 0.15) is 24.2 Å². The molecule has 0 saturated carbocycles. The van der Waals surface area contributed by atoms with Crippen molar-refractivity contribution in [2.24, 2.45) is 0 Å². The highest BCUT2D eigenvalue weighted by Gasteiger charge is 2.11. The van der Waals surface area contributed by atoms with E-state index in [9.17, 15) is 9.59 Å². The minimum Gasteiger partial charge on any atom is -0.478 e. The Hall–Kier alpha value is -2.08. The maximum atomic E-state index is 11.3. The molecule has 0 aromatic heterocycles. The number of carbonyl (C=O) groups is 2. The zero-order valence-electron chi connectivity index (χ0n) is 11.8. The number of benzene rings is 1. The fraction of sp³-hybridized carbons (Fsp3) is 0.429. The van der Waals surface area contributed by atoms with Gasteiger partial charge in [-0.3, -0.25) is 4.79 Å². The van der Waals surface area contributed by atoms with Gasteiger partial charge < -0.3 is 18.9 Å². The average molecular weight is 282 g/mol. The number of carbonyl (C=O) groups excluding carboxylic acids is 2. The molecular formula is C14H18O6. The number of Topliss-reactive ketones (excluding diaryl/α,β-unsaturated/α-hetero) is 1. The summed E-state index contributed by atoms with van der Waals surface area (Å²) in [4.78, 5) is 22.6.